The lowest BCUT2D eigenvalue weighted by molar-refractivity contribution is -0.116. The molecule has 0 aliphatic carbocycles. The predicted octanol–water partition coefficient (Wildman–Crippen LogP) is 2.55. The van der Waals surface area contributed by atoms with E-state index < -0.39 is 0 Å². The van der Waals surface area contributed by atoms with Crippen molar-refractivity contribution in [3.05, 3.63) is 65.7 Å². The van der Waals surface area contributed by atoms with Crippen LogP contribution in [0.25, 0.3) is 0 Å². The van der Waals surface area contributed by atoms with Gasteiger partial charge in [-0.25, -0.2) is 0 Å². The van der Waals surface area contributed by atoms with Crippen molar-refractivity contribution in [2.75, 3.05) is 11.9 Å². The van der Waals surface area contributed by atoms with Crippen molar-refractivity contribution in [3.8, 4) is 0 Å². The van der Waals surface area contributed by atoms with Crippen LogP contribution in [-0.2, 0) is 22.6 Å². The second kappa shape index (κ2) is 8.10. The number of anilines is 1. The number of amides is 1. The smallest absolute Gasteiger partial charge is 0.238 e. The quantitative estimate of drug-likeness (QED) is 0.825. The predicted molar refractivity (Wildman–Crippen MR) is 87.6 cm³/mol. The maximum Gasteiger partial charge on any atom is 0.238 e. The molecule has 4 heteroatoms. The molecule has 0 aliphatic rings. The molecule has 0 bridgehead atoms. The normalized spacial score (nSPS) is 10.2. The monoisotopic (exact) mass is 296 g/mol. The fourth-order valence-electron chi connectivity index (χ4n) is 2.11. The highest BCUT2D eigenvalue weighted by molar-refractivity contribution is 5.92. The van der Waals surface area contributed by atoms with Crippen molar-refractivity contribution in [2.24, 2.45) is 0 Å². The van der Waals surface area contributed by atoms with Crippen molar-refractivity contribution in [1.29, 1.82) is 0 Å². The summed E-state index contributed by atoms with van der Waals surface area (Å²) in [5.41, 5.74) is 2.83. The molecule has 0 spiro atoms. The molecule has 22 heavy (non-hydrogen) atoms. The first-order valence-electron chi connectivity index (χ1n) is 7.26. The van der Waals surface area contributed by atoms with E-state index in [4.69, 9.17) is 0 Å². The number of carbonyl (C=O) groups excluding carboxylic acids is 2. The summed E-state index contributed by atoms with van der Waals surface area (Å²) in [4.78, 5) is 22.9. The van der Waals surface area contributed by atoms with E-state index in [0.29, 0.717) is 13.0 Å². The van der Waals surface area contributed by atoms with E-state index in [1.165, 1.54) is 0 Å². The van der Waals surface area contributed by atoms with Crippen molar-refractivity contribution < 1.29 is 9.59 Å². The SMILES string of the molecule is CC(=O)Cc1ccc(NC(=O)CNCc2ccccc2)cc1. The summed E-state index contributed by atoms with van der Waals surface area (Å²) in [6, 6.07) is 17.3. The third-order valence-electron chi connectivity index (χ3n) is 3.15. The van der Waals surface area contributed by atoms with Gasteiger partial charge >= 0.3 is 0 Å². The first-order chi connectivity index (χ1) is 10.6. The van der Waals surface area contributed by atoms with E-state index in [-0.39, 0.29) is 18.2 Å². The maximum absolute atomic E-state index is 11.8. The Hall–Kier alpha value is -2.46. The van der Waals surface area contributed by atoms with E-state index >= 15 is 0 Å². The van der Waals surface area contributed by atoms with Crippen LogP contribution in [0.2, 0.25) is 0 Å². The Morgan fingerprint density at radius 3 is 2.23 bits per heavy atom. The minimum atomic E-state index is -0.0877. The standard InChI is InChI=1S/C18H20N2O2/c1-14(21)11-15-7-9-17(10-8-15)20-18(22)13-19-12-16-5-3-2-4-6-16/h2-10,19H,11-13H2,1H3,(H,20,22). The van der Waals surface area contributed by atoms with Crippen molar-refractivity contribution >= 4 is 17.4 Å². The number of hydrogen-bond donors (Lipinski definition) is 2. The number of carbonyl (C=O) groups is 2. The molecule has 114 valence electrons. The van der Waals surface area contributed by atoms with Crippen LogP contribution in [0, 0.1) is 0 Å². The summed E-state index contributed by atoms with van der Waals surface area (Å²) in [7, 11) is 0. The molecule has 0 aliphatic heterocycles. The Labute approximate surface area is 130 Å². The third-order valence-corrected chi connectivity index (χ3v) is 3.15. The van der Waals surface area contributed by atoms with Crippen LogP contribution in [-0.4, -0.2) is 18.2 Å². The summed E-state index contributed by atoms with van der Waals surface area (Å²) >= 11 is 0. The average Bonchev–Trinajstić information content (AvgIpc) is 2.50. The zero-order valence-corrected chi connectivity index (χ0v) is 12.6. The summed E-state index contributed by atoms with van der Waals surface area (Å²) < 4.78 is 0. The summed E-state index contributed by atoms with van der Waals surface area (Å²) in [5, 5.41) is 5.92. The molecule has 0 saturated carbocycles. The van der Waals surface area contributed by atoms with Crippen LogP contribution in [0.1, 0.15) is 18.1 Å². The maximum atomic E-state index is 11.8. The molecule has 0 aromatic heterocycles. The molecule has 0 unspecified atom stereocenters. The molecule has 2 N–H and O–H groups in total. The van der Waals surface area contributed by atoms with Gasteiger partial charge in [0.25, 0.3) is 0 Å². The molecule has 2 aromatic carbocycles. The summed E-state index contributed by atoms with van der Waals surface area (Å²) in [6.07, 6.45) is 0.423. The van der Waals surface area contributed by atoms with Crippen LogP contribution in [0.5, 0.6) is 0 Å². The molecule has 1 amide bonds. The first-order valence-corrected chi connectivity index (χ1v) is 7.26. The largest absolute Gasteiger partial charge is 0.325 e. The molecule has 0 atom stereocenters. The zero-order chi connectivity index (χ0) is 15.8. The fraction of sp³-hybridized carbons (Fsp3) is 0.222. The van der Waals surface area contributed by atoms with Crippen molar-refractivity contribution in [2.45, 2.75) is 19.9 Å². The van der Waals surface area contributed by atoms with Crippen LogP contribution in [0.15, 0.2) is 54.6 Å². The van der Waals surface area contributed by atoms with Gasteiger partial charge in [-0.05, 0) is 30.2 Å². The van der Waals surface area contributed by atoms with Crippen LogP contribution in [0.3, 0.4) is 0 Å². The number of nitrogens with one attached hydrogen (secondary N) is 2. The highest BCUT2D eigenvalue weighted by Crippen LogP contribution is 2.10. The number of Topliss-reactive ketones (excluding diaryl/α,β-unsaturated/α-hetero) is 1. The van der Waals surface area contributed by atoms with E-state index in [1.807, 2.05) is 54.6 Å². The minimum absolute atomic E-state index is 0.0877. The van der Waals surface area contributed by atoms with Gasteiger partial charge in [0.1, 0.15) is 5.78 Å². The molecule has 2 rings (SSSR count). The zero-order valence-electron chi connectivity index (χ0n) is 12.6. The van der Waals surface area contributed by atoms with Crippen LogP contribution < -0.4 is 10.6 Å². The van der Waals surface area contributed by atoms with Gasteiger partial charge in [0.05, 0.1) is 6.54 Å². The fourth-order valence-corrected chi connectivity index (χ4v) is 2.11. The van der Waals surface area contributed by atoms with Gasteiger partial charge in [-0.3, -0.25) is 9.59 Å². The molecule has 0 heterocycles. The van der Waals surface area contributed by atoms with E-state index in [9.17, 15) is 9.59 Å². The lowest BCUT2D eigenvalue weighted by Crippen LogP contribution is -2.27. The highest BCUT2D eigenvalue weighted by Gasteiger charge is 2.03. The van der Waals surface area contributed by atoms with Crippen LogP contribution >= 0.6 is 0 Å². The average molecular weight is 296 g/mol. The van der Waals surface area contributed by atoms with Gasteiger partial charge in [0.15, 0.2) is 0 Å². The Balaban J connectivity index is 1.75. The van der Waals surface area contributed by atoms with Crippen LogP contribution in [0.4, 0.5) is 5.69 Å². The molecule has 0 fully saturated rings. The lowest BCUT2D eigenvalue weighted by Gasteiger charge is -2.07. The lowest BCUT2D eigenvalue weighted by atomic mass is 10.1. The number of benzene rings is 2. The highest BCUT2D eigenvalue weighted by atomic mass is 16.2. The number of ketones is 1. The van der Waals surface area contributed by atoms with Gasteiger partial charge in [0, 0.05) is 18.7 Å². The van der Waals surface area contributed by atoms with Crippen molar-refractivity contribution in [3.63, 3.8) is 0 Å². The summed E-state index contributed by atoms with van der Waals surface area (Å²) in [5.74, 6) is 0.0390. The van der Waals surface area contributed by atoms with Gasteiger partial charge in [0.2, 0.25) is 5.91 Å². The Bertz CT molecular complexity index is 621. The Kier molecular flexibility index (Phi) is 5.86. The molecule has 2 aromatic rings. The van der Waals surface area contributed by atoms with Gasteiger partial charge < -0.3 is 10.6 Å². The summed E-state index contributed by atoms with van der Waals surface area (Å²) in [6.45, 7) is 2.48. The third kappa shape index (κ3) is 5.50. The van der Waals surface area contributed by atoms with Gasteiger partial charge in [-0.1, -0.05) is 42.5 Å². The molecular weight excluding hydrogens is 276 g/mol. The molecule has 0 radical (unpaired) electrons. The van der Waals surface area contributed by atoms with Gasteiger partial charge in [-0.15, -0.1) is 0 Å². The molecule has 0 saturated heterocycles. The second-order valence-electron chi connectivity index (χ2n) is 5.21. The molecule has 4 nitrogen and oxygen atoms in total. The minimum Gasteiger partial charge on any atom is -0.325 e. The van der Waals surface area contributed by atoms with Gasteiger partial charge in [-0.2, -0.15) is 0 Å². The van der Waals surface area contributed by atoms with E-state index in [0.717, 1.165) is 16.8 Å². The molecular formula is C18H20N2O2. The van der Waals surface area contributed by atoms with E-state index in [2.05, 4.69) is 10.6 Å². The number of hydrogen-bond acceptors (Lipinski definition) is 3. The Morgan fingerprint density at radius 1 is 0.909 bits per heavy atom. The van der Waals surface area contributed by atoms with E-state index in [1.54, 1.807) is 6.92 Å². The topological polar surface area (TPSA) is 58.2 Å². The Morgan fingerprint density at radius 2 is 1.59 bits per heavy atom. The number of rotatable bonds is 7. The van der Waals surface area contributed by atoms with Crippen molar-refractivity contribution in [1.82, 2.24) is 5.32 Å². The second-order valence-corrected chi connectivity index (χ2v) is 5.21. The first kappa shape index (κ1) is 15.9.